The van der Waals surface area contributed by atoms with Crippen LogP contribution in [0.3, 0.4) is 0 Å². The normalized spacial score (nSPS) is 19.2. The van der Waals surface area contributed by atoms with E-state index in [1.807, 2.05) is 20.8 Å². The average molecular weight is 313 g/mol. The summed E-state index contributed by atoms with van der Waals surface area (Å²) in [5.41, 5.74) is 1.93. The van der Waals surface area contributed by atoms with Crippen molar-refractivity contribution < 1.29 is 22.5 Å². The van der Waals surface area contributed by atoms with Crippen molar-refractivity contribution in [2.24, 2.45) is 0 Å². The third kappa shape index (κ3) is 2.89. The van der Waals surface area contributed by atoms with Crippen molar-refractivity contribution >= 4 is 16.2 Å². The molecular weight excluding hydrogens is 294 g/mol. The standard InChI is InChI=1S/C14H19NO5S/c1-8(2)15-7-11(20-14(15)16)13-10(4)9(3)5-6-12(13)21(17,18)19/h5-6,8,11H,7H2,1-4H3,(H,17,18,19). The summed E-state index contributed by atoms with van der Waals surface area (Å²) in [6.07, 6.45) is -1.17. The van der Waals surface area contributed by atoms with E-state index in [0.717, 1.165) is 5.56 Å². The van der Waals surface area contributed by atoms with Gasteiger partial charge in [0.15, 0.2) is 0 Å². The molecule has 1 fully saturated rings. The summed E-state index contributed by atoms with van der Waals surface area (Å²) in [5, 5.41) is 0. The summed E-state index contributed by atoms with van der Waals surface area (Å²) < 4.78 is 37.9. The molecule has 0 radical (unpaired) electrons. The molecule has 1 aromatic carbocycles. The zero-order valence-electron chi connectivity index (χ0n) is 12.5. The first-order valence-corrected chi connectivity index (χ1v) is 8.11. The number of carbonyl (C=O) groups excluding carboxylic acids is 1. The highest BCUT2D eigenvalue weighted by atomic mass is 32.2. The maximum atomic E-state index is 11.8. The molecule has 2 rings (SSSR count). The minimum atomic E-state index is -4.38. The smallest absolute Gasteiger partial charge is 0.410 e. The average Bonchev–Trinajstić information content (AvgIpc) is 2.73. The van der Waals surface area contributed by atoms with Crippen molar-refractivity contribution in [1.82, 2.24) is 4.90 Å². The Hall–Kier alpha value is -1.60. The van der Waals surface area contributed by atoms with Crippen LogP contribution in [0.5, 0.6) is 0 Å². The van der Waals surface area contributed by atoms with E-state index in [1.165, 1.54) is 11.0 Å². The van der Waals surface area contributed by atoms with Crippen LogP contribution in [0.25, 0.3) is 0 Å². The topological polar surface area (TPSA) is 83.9 Å². The van der Waals surface area contributed by atoms with Crippen LogP contribution in [0.15, 0.2) is 17.0 Å². The number of amides is 1. The SMILES string of the molecule is Cc1ccc(S(=O)(=O)O)c(C2CN(C(C)C)C(=O)O2)c1C. The van der Waals surface area contributed by atoms with Crippen LogP contribution in [0.4, 0.5) is 4.79 Å². The van der Waals surface area contributed by atoms with Crippen molar-refractivity contribution in [3.8, 4) is 0 Å². The molecule has 116 valence electrons. The van der Waals surface area contributed by atoms with Gasteiger partial charge in [-0.25, -0.2) is 4.79 Å². The molecule has 0 spiro atoms. The fourth-order valence-corrected chi connectivity index (χ4v) is 3.29. The van der Waals surface area contributed by atoms with E-state index in [2.05, 4.69) is 0 Å². The summed E-state index contributed by atoms with van der Waals surface area (Å²) in [4.78, 5) is 13.2. The Morgan fingerprint density at radius 2 is 1.95 bits per heavy atom. The Kier molecular flexibility index (Phi) is 3.99. The summed E-state index contributed by atoms with van der Waals surface area (Å²) in [6, 6.07) is 2.93. The molecular formula is C14H19NO5S. The molecule has 0 aliphatic carbocycles. The van der Waals surface area contributed by atoms with Crippen molar-refractivity contribution in [3.05, 3.63) is 28.8 Å². The summed E-state index contributed by atoms with van der Waals surface area (Å²) in [7, 11) is -4.38. The minimum absolute atomic E-state index is 0.0400. The van der Waals surface area contributed by atoms with Crippen molar-refractivity contribution in [2.45, 2.75) is 44.7 Å². The van der Waals surface area contributed by atoms with Gasteiger partial charge in [0.2, 0.25) is 0 Å². The monoisotopic (exact) mass is 313 g/mol. The molecule has 1 saturated heterocycles. The van der Waals surface area contributed by atoms with Gasteiger partial charge in [-0.15, -0.1) is 0 Å². The molecule has 0 aromatic heterocycles. The highest BCUT2D eigenvalue weighted by Gasteiger charge is 2.37. The number of aryl methyl sites for hydroxylation is 1. The largest absolute Gasteiger partial charge is 0.439 e. The Balaban J connectivity index is 2.54. The van der Waals surface area contributed by atoms with E-state index in [4.69, 9.17) is 4.74 Å². The summed E-state index contributed by atoms with van der Waals surface area (Å²) in [6.45, 7) is 7.57. The lowest BCUT2D eigenvalue weighted by Gasteiger charge is -2.19. The molecule has 1 amide bonds. The molecule has 1 atom stereocenters. The predicted octanol–water partition coefficient (Wildman–Crippen LogP) is 2.45. The van der Waals surface area contributed by atoms with E-state index >= 15 is 0 Å². The second-order valence-electron chi connectivity index (χ2n) is 5.51. The molecule has 0 saturated carbocycles. The quantitative estimate of drug-likeness (QED) is 0.867. The summed E-state index contributed by atoms with van der Waals surface area (Å²) in [5.74, 6) is 0. The molecule has 1 aromatic rings. The molecule has 6 nitrogen and oxygen atoms in total. The van der Waals surface area contributed by atoms with Gasteiger partial charge in [0.05, 0.1) is 6.54 Å². The van der Waals surface area contributed by atoms with Gasteiger partial charge in [0.1, 0.15) is 11.0 Å². The molecule has 1 heterocycles. The Labute approximate surface area is 124 Å². The zero-order chi connectivity index (χ0) is 15.9. The number of carbonyl (C=O) groups is 1. The minimum Gasteiger partial charge on any atom is -0.439 e. The molecule has 1 aliphatic heterocycles. The number of hydrogen-bond acceptors (Lipinski definition) is 4. The van der Waals surface area contributed by atoms with E-state index in [1.54, 1.807) is 13.0 Å². The summed E-state index contributed by atoms with van der Waals surface area (Å²) >= 11 is 0. The molecule has 21 heavy (non-hydrogen) atoms. The van der Waals surface area contributed by atoms with E-state index in [0.29, 0.717) is 11.1 Å². The lowest BCUT2D eigenvalue weighted by atomic mass is 9.99. The number of cyclic esters (lactones) is 1. The Morgan fingerprint density at radius 1 is 1.33 bits per heavy atom. The van der Waals surface area contributed by atoms with Crippen LogP contribution in [-0.4, -0.2) is 36.6 Å². The highest BCUT2D eigenvalue weighted by Crippen LogP contribution is 2.35. The number of hydrogen-bond donors (Lipinski definition) is 1. The Morgan fingerprint density at radius 3 is 2.43 bits per heavy atom. The van der Waals surface area contributed by atoms with Crippen LogP contribution < -0.4 is 0 Å². The fraction of sp³-hybridized carbons (Fsp3) is 0.500. The lowest BCUT2D eigenvalue weighted by Crippen LogP contribution is -2.31. The van der Waals surface area contributed by atoms with Crippen LogP contribution in [0.1, 0.15) is 36.6 Å². The highest BCUT2D eigenvalue weighted by molar-refractivity contribution is 7.85. The fourth-order valence-electron chi connectivity index (χ4n) is 2.49. The zero-order valence-corrected chi connectivity index (χ0v) is 13.3. The third-order valence-electron chi connectivity index (χ3n) is 3.81. The van der Waals surface area contributed by atoms with Crippen LogP contribution in [0.2, 0.25) is 0 Å². The maximum Gasteiger partial charge on any atom is 0.410 e. The van der Waals surface area contributed by atoms with E-state index in [9.17, 15) is 17.8 Å². The molecule has 0 bridgehead atoms. The second kappa shape index (κ2) is 5.31. The van der Waals surface area contributed by atoms with Gasteiger partial charge in [-0.2, -0.15) is 8.42 Å². The van der Waals surface area contributed by atoms with Crippen LogP contribution >= 0.6 is 0 Å². The van der Waals surface area contributed by atoms with Gasteiger partial charge in [-0.05, 0) is 44.9 Å². The van der Waals surface area contributed by atoms with Gasteiger partial charge >= 0.3 is 6.09 Å². The third-order valence-corrected chi connectivity index (χ3v) is 4.72. The van der Waals surface area contributed by atoms with Crippen LogP contribution in [-0.2, 0) is 14.9 Å². The number of ether oxygens (including phenoxy) is 1. The lowest BCUT2D eigenvalue weighted by molar-refractivity contribution is 0.128. The van der Waals surface area contributed by atoms with E-state index < -0.39 is 22.3 Å². The van der Waals surface area contributed by atoms with Crippen molar-refractivity contribution in [1.29, 1.82) is 0 Å². The number of nitrogens with zero attached hydrogens (tertiary/aromatic N) is 1. The Bertz CT molecular complexity index is 681. The number of rotatable bonds is 3. The molecule has 1 aliphatic rings. The van der Waals surface area contributed by atoms with Gasteiger partial charge in [0.25, 0.3) is 10.1 Å². The maximum absolute atomic E-state index is 11.8. The number of benzene rings is 1. The first kappa shape index (κ1) is 15.8. The first-order valence-electron chi connectivity index (χ1n) is 6.67. The van der Waals surface area contributed by atoms with Crippen LogP contribution in [0, 0.1) is 13.8 Å². The van der Waals surface area contributed by atoms with Gasteiger partial charge in [0, 0.05) is 11.6 Å². The van der Waals surface area contributed by atoms with Crippen molar-refractivity contribution in [3.63, 3.8) is 0 Å². The molecule has 7 heteroatoms. The first-order chi connectivity index (χ1) is 9.62. The predicted molar refractivity (Wildman–Crippen MR) is 76.8 cm³/mol. The van der Waals surface area contributed by atoms with Gasteiger partial charge in [-0.1, -0.05) is 6.07 Å². The van der Waals surface area contributed by atoms with Gasteiger partial charge < -0.3 is 9.64 Å². The van der Waals surface area contributed by atoms with E-state index in [-0.39, 0.29) is 17.5 Å². The van der Waals surface area contributed by atoms with Crippen molar-refractivity contribution in [2.75, 3.05) is 6.54 Å². The molecule has 1 unspecified atom stereocenters. The second-order valence-corrected chi connectivity index (χ2v) is 6.90. The van der Waals surface area contributed by atoms with Gasteiger partial charge in [-0.3, -0.25) is 4.55 Å². The molecule has 1 N–H and O–H groups in total.